The molecule has 2 rings (SSSR count). The molecular formula is C19H30N2O4. The first-order chi connectivity index (χ1) is 11.7. The summed E-state index contributed by atoms with van der Waals surface area (Å²) in [6.45, 7) is 11.0. The molecule has 6 heteroatoms. The zero-order chi connectivity index (χ0) is 18.6. The highest BCUT2D eigenvalue weighted by Gasteiger charge is 2.26. The van der Waals surface area contributed by atoms with E-state index in [9.17, 15) is 9.59 Å². The summed E-state index contributed by atoms with van der Waals surface area (Å²) < 4.78 is 11.2. The number of hydrogen-bond donors (Lipinski definition) is 1. The minimum Gasteiger partial charge on any atom is -0.466 e. The Morgan fingerprint density at radius 3 is 2.56 bits per heavy atom. The summed E-state index contributed by atoms with van der Waals surface area (Å²) in [5.41, 5.74) is 0.283. The van der Waals surface area contributed by atoms with Gasteiger partial charge in [0, 0.05) is 31.7 Å². The summed E-state index contributed by atoms with van der Waals surface area (Å²) in [5.74, 6) is 1.16. The Bertz CT molecular complexity index is 609. The van der Waals surface area contributed by atoms with Gasteiger partial charge >= 0.3 is 0 Å². The smallest absolute Gasteiger partial charge is 0.257 e. The number of ether oxygens (including phenoxy) is 1. The fraction of sp³-hybridized carbons (Fsp3) is 0.684. The molecule has 1 fully saturated rings. The molecule has 1 atom stereocenters. The van der Waals surface area contributed by atoms with Crippen molar-refractivity contribution in [3.63, 3.8) is 0 Å². The zero-order valence-corrected chi connectivity index (χ0v) is 16.0. The predicted molar refractivity (Wildman–Crippen MR) is 95.6 cm³/mol. The van der Waals surface area contributed by atoms with Crippen LogP contribution in [0.2, 0.25) is 0 Å². The number of aryl methyl sites for hydroxylation is 2. The molecule has 0 aliphatic carbocycles. The molecule has 0 bridgehead atoms. The highest BCUT2D eigenvalue weighted by atomic mass is 16.5. The number of nitrogens with zero attached hydrogens (tertiary/aromatic N) is 1. The van der Waals surface area contributed by atoms with E-state index in [2.05, 4.69) is 5.32 Å². The van der Waals surface area contributed by atoms with Gasteiger partial charge in [0.05, 0.1) is 11.7 Å². The Morgan fingerprint density at radius 1 is 1.32 bits per heavy atom. The van der Waals surface area contributed by atoms with Gasteiger partial charge in [-0.3, -0.25) is 9.59 Å². The van der Waals surface area contributed by atoms with Crippen LogP contribution in [0.3, 0.4) is 0 Å². The molecule has 0 saturated carbocycles. The Morgan fingerprint density at radius 2 is 2.04 bits per heavy atom. The van der Waals surface area contributed by atoms with Crippen molar-refractivity contribution >= 4 is 11.8 Å². The van der Waals surface area contributed by atoms with E-state index in [-0.39, 0.29) is 29.9 Å². The van der Waals surface area contributed by atoms with Crippen LogP contribution in [0.15, 0.2) is 10.5 Å². The molecule has 25 heavy (non-hydrogen) atoms. The molecule has 0 aromatic carbocycles. The molecule has 1 aromatic heterocycles. The quantitative estimate of drug-likeness (QED) is 0.856. The number of furan rings is 1. The minimum absolute atomic E-state index is 0.0444. The number of amides is 2. The first kappa shape index (κ1) is 19.5. The van der Waals surface area contributed by atoms with Gasteiger partial charge in [-0.15, -0.1) is 0 Å². The Balaban J connectivity index is 2.05. The number of nitrogens with one attached hydrogen (secondary N) is 1. The summed E-state index contributed by atoms with van der Waals surface area (Å²) in [5, 5.41) is 2.94. The summed E-state index contributed by atoms with van der Waals surface area (Å²) in [6, 6.07) is 1.76. The van der Waals surface area contributed by atoms with Gasteiger partial charge in [-0.1, -0.05) is 0 Å². The normalized spacial score (nSPS) is 17.6. The number of hydrogen-bond acceptors (Lipinski definition) is 4. The van der Waals surface area contributed by atoms with Crippen LogP contribution in [0.4, 0.5) is 0 Å². The van der Waals surface area contributed by atoms with Crippen molar-refractivity contribution in [1.82, 2.24) is 10.2 Å². The molecule has 2 heterocycles. The maximum Gasteiger partial charge on any atom is 0.257 e. The highest BCUT2D eigenvalue weighted by Crippen LogP contribution is 2.19. The van der Waals surface area contributed by atoms with Crippen LogP contribution in [0.25, 0.3) is 0 Å². The van der Waals surface area contributed by atoms with E-state index in [4.69, 9.17) is 9.15 Å². The van der Waals surface area contributed by atoms with Crippen molar-refractivity contribution in [3.8, 4) is 0 Å². The Hall–Kier alpha value is -1.82. The van der Waals surface area contributed by atoms with E-state index in [0.717, 1.165) is 19.4 Å². The average Bonchev–Trinajstić information content (AvgIpc) is 3.10. The number of carbonyl (C=O) groups is 2. The van der Waals surface area contributed by atoms with Crippen LogP contribution in [0.5, 0.6) is 0 Å². The molecule has 1 aromatic rings. The Labute approximate surface area is 149 Å². The topological polar surface area (TPSA) is 71.8 Å². The third-order valence-electron chi connectivity index (χ3n) is 4.13. The molecule has 0 unspecified atom stereocenters. The van der Waals surface area contributed by atoms with Crippen molar-refractivity contribution in [2.45, 2.75) is 65.5 Å². The second-order valence-corrected chi connectivity index (χ2v) is 7.76. The fourth-order valence-corrected chi connectivity index (χ4v) is 3.04. The average molecular weight is 350 g/mol. The lowest BCUT2D eigenvalue weighted by Crippen LogP contribution is -2.44. The highest BCUT2D eigenvalue weighted by molar-refractivity contribution is 5.95. The van der Waals surface area contributed by atoms with Gasteiger partial charge in [-0.05, 0) is 53.5 Å². The first-order valence-electron chi connectivity index (χ1n) is 8.94. The van der Waals surface area contributed by atoms with Crippen LogP contribution >= 0.6 is 0 Å². The van der Waals surface area contributed by atoms with Crippen molar-refractivity contribution in [3.05, 3.63) is 23.2 Å². The van der Waals surface area contributed by atoms with Gasteiger partial charge in [0.15, 0.2) is 0 Å². The molecule has 1 saturated heterocycles. The SMILES string of the molecule is Cc1cc(C(=O)N(CCC(=O)NC(C)(C)C)C[C@H]2CCCO2)c(C)o1. The lowest BCUT2D eigenvalue weighted by Gasteiger charge is -2.26. The summed E-state index contributed by atoms with van der Waals surface area (Å²) in [4.78, 5) is 26.8. The third-order valence-corrected chi connectivity index (χ3v) is 4.13. The van der Waals surface area contributed by atoms with Crippen LogP contribution < -0.4 is 5.32 Å². The van der Waals surface area contributed by atoms with Gasteiger partial charge in [0.2, 0.25) is 5.91 Å². The monoisotopic (exact) mass is 350 g/mol. The van der Waals surface area contributed by atoms with E-state index in [1.165, 1.54) is 0 Å². The molecule has 140 valence electrons. The van der Waals surface area contributed by atoms with Crippen molar-refractivity contribution in [2.24, 2.45) is 0 Å². The van der Waals surface area contributed by atoms with Crippen molar-refractivity contribution in [2.75, 3.05) is 19.7 Å². The molecule has 1 aliphatic rings. The maximum absolute atomic E-state index is 12.9. The van der Waals surface area contributed by atoms with Crippen LogP contribution in [0, 0.1) is 13.8 Å². The van der Waals surface area contributed by atoms with E-state index in [0.29, 0.717) is 30.2 Å². The van der Waals surface area contributed by atoms with Gasteiger partial charge in [-0.2, -0.15) is 0 Å². The maximum atomic E-state index is 12.9. The van der Waals surface area contributed by atoms with Gasteiger partial charge < -0.3 is 19.4 Å². The second kappa shape index (κ2) is 8.04. The summed E-state index contributed by atoms with van der Waals surface area (Å²) >= 11 is 0. The zero-order valence-electron chi connectivity index (χ0n) is 16.0. The van der Waals surface area contributed by atoms with Crippen LogP contribution in [0.1, 0.15) is 61.9 Å². The van der Waals surface area contributed by atoms with E-state index in [1.807, 2.05) is 27.7 Å². The fourth-order valence-electron chi connectivity index (χ4n) is 3.04. The van der Waals surface area contributed by atoms with Gasteiger partial charge in [0.25, 0.3) is 5.91 Å². The van der Waals surface area contributed by atoms with Gasteiger partial charge in [0.1, 0.15) is 11.5 Å². The molecular weight excluding hydrogens is 320 g/mol. The van der Waals surface area contributed by atoms with Crippen LogP contribution in [-0.2, 0) is 9.53 Å². The third kappa shape index (κ3) is 5.88. The largest absolute Gasteiger partial charge is 0.466 e. The Kier molecular flexibility index (Phi) is 6.27. The molecule has 1 aliphatic heterocycles. The lowest BCUT2D eigenvalue weighted by molar-refractivity contribution is -0.122. The van der Waals surface area contributed by atoms with E-state index < -0.39 is 0 Å². The molecule has 0 spiro atoms. The summed E-state index contributed by atoms with van der Waals surface area (Å²) in [7, 11) is 0. The van der Waals surface area contributed by atoms with Crippen molar-refractivity contribution in [1.29, 1.82) is 0 Å². The lowest BCUT2D eigenvalue weighted by atomic mass is 10.1. The van der Waals surface area contributed by atoms with Crippen molar-refractivity contribution < 1.29 is 18.7 Å². The summed E-state index contributed by atoms with van der Waals surface area (Å²) in [6.07, 6.45) is 2.27. The van der Waals surface area contributed by atoms with E-state index in [1.54, 1.807) is 17.9 Å². The molecule has 0 radical (unpaired) electrons. The van der Waals surface area contributed by atoms with Gasteiger partial charge in [-0.25, -0.2) is 0 Å². The number of rotatable bonds is 6. The predicted octanol–water partition coefficient (Wildman–Crippen LogP) is 2.82. The molecule has 1 N–H and O–H groups in total. The molecule has 2 amide bonds. The second-order valence-electron chi connectivity index (χ2n) is 7.76. The molecule has 6 nitrogen and oxygen atoms in total. The first-order valence-corrected chi connectivity index (χ1v) is 8.94. The minimum atomic E-state index is -0.279. The van der Waals surface area contributed by atoms with E-state index >= 15 is 0 Å². The van der Waals surface area contributed by atoms with Crippen LogP contribution in [-0.4, -0.2) is 48.1 Å². The standard InChI is InChI=1S/C19H30N2O4/c1-13-11-16(14(2)25-13)18(23)21(12-15-7-6-10-24-15)9-8-17(22)20-19(3,4)5/h11,15H,6-10,12H2,1-5H3,(H,20,22)/t15-/m1/s1. The number of carbonyl (C=O) groups excluding carboxylic acids is 2.